The van der Waals surface area contributed by atoms with Gasteiger partial charge in [0, 0.05) is 0 Å². The van der Waals surface area contributed by atoms with Gasteiger partial charge in [0.1, 0.15) is 0 Å². The molecule has 9 heteroatoms. The zero-order valence-corrected chi connectivity index (χ0v) is 10.7. The van der Waals surface area contributed by atoms with Crippen molar-refractivity contribution in [1.29, 1.82) is 0 Å². The van der Waals surface area contributed by atoms with Gasteiger partial charge in [-0.15, -0.1) is 0 Å². The van der Waals surface area contributed by atoms with Gasteiger partial charge >= 0.3 is 0 Å². The summed E-state index contributed by atoms with van der Waals surface area (Å²) in [5, 5.41) is 1.39. The smallest absolute Gasteiger partial charge is 0.220 e. The van der Waals surface area contributed by atoms with Gasteiger partial charge in [0.25, 0.3) is 0 Å². The van der Waals surface area contributed by atoms with Crippen molar-refractivity contribution in [2.75, 3.05) is 21.3 Å². The SMILES string of the molecule is COSc1nc(SOC)nc(SOC)n1. The molecule has 1 heterocycles. The maximum Gasteiger partial charge on any atom is 0.220 e. The van der Waals surface area contributed by atoms with Crippen molar-refractivity contribution in [2.24, 2.45) is 0 Å². The maximum atomic E-state index is 4.86. The normalized spacial score (nSPS) is 10.6. The molecule has 6 nitrogen and oxygen atoms in total. The first-order valence-electron chi connectivity index (χ1n) is 3.68. The summed E-state index contributed by atoms with van der Waals surface area (Å²) < 4.78 is 14.6. The predicted octanol–water partition coefficient (Wildman–Crippen LogP) is 1.83. The molecule has 84 valence electrons. The van der Waals surface area contributed by atoms with Crippen LogP contribution >= 0.6 is 36.1 Å². The Labute approximate surface area is 101 Å². The molecule has 1 aromatic rings. The molecule has 0 saturated heterocycles. The summed E-state index contributed by atoms with van der Waals surface area (Å²) in [4.78, 5) is 12.2. The maximum absolute atomic E-state index is 4.86. The van der Waals surface area contributed by atoms with E-state index in [9.17, 15) is 0 Å². The first-order valence-corrected chi connectivity index (χ1v) is 5.90. The molecule has 0 unspecified atom stereocenters. The summed E-state index contributed by atoms with van der Waals surface area (Å²) in [6.45, 7) is 0. The Kier molecular flexibility index (Phi) is 6.29. The second-order valence-corrected chi connectivity index (χ2v) is 4.53. The fourth-order valence-corrected chi connectivity index (χ4v) is 2.02. The Morgan fingerprint density at radius 1 is 0.667 bits per heavy atom. The molecular weight excluding hydrogens is 258 g/mol. The van der Waals surface area contributed by atoms with Crippen molar-refractivity contribution < 1.29 is 12.5 Å². The summed E-state index contributed by atoms with van der Waals surface area (Å²) >= 11 is 3.17. The van der Waals surface area contributed by atoms with Gasteiger partial charge in [-0.1, -0.05) is 0 Å². The molecule has 1 aromatic heterocycles. The Balaban J connectivity index is 2.86. The number of hydrogen-bond donors (Lipinski definition) is 0. The number of rotatable bonds is 6. The van der Waals surface area contributed by atoms with E-state index in [0.717, 1.165) is 36.1 Å². The van der Waals surface area contributed by atoms with Gasteiger partial charge < -0.3 is 12.5 Å². The summed E-state index contributed by atoms with van der Waals surface area (Å²) in [6.07, 6.45) is 0. The molecule has 15 heavy (non-hydrogen) atoms. The van der Waals surface area contributed by atoms with Crippen LogP contribution in [0.2, 0.25) is 0 Å². The number of nitrogens with zero attached hydrogens (tertiary/aromatic N) is 3. The third-order valence-corrected chi connectivity index (χ3v) is 2.54. The molecule has 0 spiro atoms. The molecule has 0 aliphatic heterocycles. The van der Waals surface area contributed by atoms with Crippen LogP contribution in [0, 0.1) is 0 Å². The van der Waals surface area contributed by atoms with Crippen LogP contribution in [0.5, 0.6) is 0 Å². The lowest BCUT2D eigenvalue weighted by atomic mass is 11.1. The van der Waals surface area contributed by atoms with Crippen LogP contribution in [0.25, 0.3) is 0 Å². The van der Waals surface area contributed by atoms with E-state index in [0.29, 0.717) is 15.5 Å². The van der Waals surface area contributed by atoms with Crippen LogP contribution in [0.15, 0.2) is 15.5 Å². The standard InChI is InChI=1S/C6H9N3O3S3/c1-10-13-4-7-5(14-11-2)9-6(8-4)15-12-3/h1-3H3. The van der Waals surface area contributed by atoms with Crippen molar-refractivity contribution in [3.05, 3.63) is 0 Å². The number of aromatic nitrogens is 3. The molecule has 0 aromatic carbocycles. The van der Waals surface area contributed by atoms with Crippen molar-refractivity contribution in [2.45, 2.75) is 15.5 Å². The fraction of sp³-hybridized carbons (Fsp3) is 0.500. The van der Waals surface area contributed by atoms with Gasteiger partial charge in [0.2, 0.25) is 15.5 Å². The monoisotopic (exact) mass is 267 g/mol. The van der Waals surface area contributed by atoms with Crippen molar-refractivity contribution >= 4 is 36.1 Å². The molecule has 0 fully saturated rings. The van der Waals surface area contributed by atoms with Gasteiger partial charge in [-0.25, -0.2) is 0 Å². The molecule has 0 amide bonds. The molecule has 0 aliphatic carbocycles. The average molecular weight is 267 g/mol. The molecular formula is C6H9N3O3S3. The molecule has 0 N–H and O–H groups in total. The Bertz CT molecular complexity index is 255. The Morgan fingerprint density at radius 3 is 1.13 bits per heavy atom. The van der Waals surface area contributed by atoms with Crippen molar-refractivity contribution in [1.82, 2.24) is 15.0 Å². The number of hydrogen-bond acceptors (Lipinski definition) is 9. The van der Waals surface area contributed by atoms with Crippen LogP contribution in [0.4, 0.5) is 0 Å². The quantitative estimate of drug-likeness (QED) is 0.718. The molecule has 0 aliphatic rings. The van der Waals surface area contributed by atoms with Crippen LogP contribution in [-0.4, -0.2) is 36.3 Å². The van der Waals surface area contributed by atoms with E-state index in [1.165, 1.54) is 0 Å². The molecule has 0 bridgehead atoms. The van der Waals surface area contributed by atoms with Crippen molar-refractivity contribution in [3.63, 3.8) is 0 Å². The average Bonchev–Trinajstić information content (AvgIpc) is 2.19. The highest BCUT2D eigenvalue weighted by Gasteiger charge is 2.08. The van der Waals surface area contributed by atoms with E-state index < -0.39 is 0 Å². The second-order valence-electron chi connectivity index (χ2n) is 1.93. The van der Waals surface area contributed by atoms with E-state index in [1.807, 2.05) is 0 Å². The highest BCUT2D eigenvalue weighted by molar-refractivity contribution is 7.95. The minimum atomic E-state index is 0.464. The highest BCUT2D eigenvalue weighted by Crippen LogP contribution is 2.22. The van der Waals surface area contributed by atoms with Crippen LogP contribution in [-0.2, 0) is 12.5 Å². The minimum absolute atomic E-state index is 0.464. The van der Waals surface area contributed by atoms with Crippen LogP contribution in [0.3, 0.4) is 0 Å². The molecule has 0 saturated carbocycles. The Morgan fingerprint density at radius 2 is 0.933 bits per heavy atom. The summed E-state index contributed by atoms with van der Waals surface area (Å²) in [7, 11) is 4.63. The van der Waals surface area contributed by atoms with Crippen LogP contribution in [0.1, 0.15) is 0 Å². The first kappa shape index (κ1) is 13.0. The highest BCUT2D eigenvalue weighted by atomic mass is 32.2. The van der Waals surface area contributed by atoms with E-state index in [2.05, 4.69) is 15.0 Å². The van der Waals surface area contributed by atoms with Gasteiger partial charge in [0.05, 0.1) is 57.5 Å². The van der Waals surface area contributed by atoms with Crippen LogP contribution < -0.4 is 0 Å². The van der Waals surface area contributed by atoms with Gasteiger partial charge in [0.15, 0.2) is 0 Å². The predicted molar refractivity (Wildman–Crippen MR) is 58.4 cm³/mol. The van der Waals surface area contributed by atoms with E-state index in [4.69, 9.17) is 12.5 Å². The zero-order chi connectivity index (χ0) is 11.1. The molecule has 0 radical (unpaired) electrons. The van der Waals surface area contributed by atoms with Gasteiger partial charge in [-0.2, -0.15) is 15.0 Å². The zero-order valence-electron chi connectivity index (χ0n) is 8.29. The summed E-state index contributed by atoms with van der Waals surface area (Å²) in [5.74, 6) is 0. The first-order chi connectivity index (χ1) is 7.30. The van der Waals surface area contributed by atoms with Crippen molar-refractivity contribution in [3.8, 4) is 0 Å². The summed E-state index contributed by atoms with van der Waals surface area (Å²) in [5.41, 5.74) is 0. The lowest BCUT2D eigenvalue weighted by Crippen LogP contribution is -1.97. The van der Waals surface area contributed by atoms with E-state index in [-0.39, 0.29) is 0 Å². The van der Waals surface area contributed by atoms with E-state index >= 15 is 0 Å². The van der Waals surface area contributed by atoms with E-state index in [1.54, 1.807) is 21.3 Å². The Hall–Kier alpha value is -0.0600. The van der Waals surface area contributed by atoms with Gasteiger partial charge in [-0.05, 0) is 0 Å². The minimum Gasteiger partial charge on any atom is -0.311 e. The fourth-order valence-electron chi connectivity index (χ4n) is 0.656. The lowest BCUT2D eigenvalue weighted by Gasteiger charge is -2.02. The van der Waals surface area contributed by atoms with Gasteiger partial charge in [-0.3, -0.25) is 0 Å². The molecule has 1 rings (SSSR count). The third-order valence-electron chi connectivity index (χ3n) is 1.05. The molecule has 0 atom stereocenters. The largest absolute Gasteiger partial charge is 0.311 e. The topological polar surface area (TPSA) is 66.4 Å². The third kappa shape index (κ3) is 4.53. The summed E-state index contributed by atoms with van der Waals surface area (Å²) in [6, 6.07) is 0. The lowest BCUT2D eigenvalue weighted by molar-refractivity contribution is 0.470. The second kappa shape index (κ2) is 7.25.